The Balaban J connectivity index is 2.64. The van der Waals surface area contributed by atoms with Crippen LogP contribution in [0.1, 0.15) is 51.0 Å². The van der Waals surface area contributed by atoms with Gasteiger partial charge < -0.3 is 18.9 Å². The van der Waals surface area contributed by atoms with Crippen molar-refractivity contribution in [2.75, 3.05) is 7.11 Å². The van der Waals surface area contributed by atoms with Gasteiger partial charge in [-0.25, -0.2) is 0 Å². The molecule has 0 bridgehead atoms. The van der Waals surface area contributed by atoms with E-state index >= 15 is 0 Å². The minimum Gasteiger partial charge on any atom is -0.496 e. The van der Waals surface area contributed by atoms with E-state index in [0.29, 0.717) is 17.1 Å². The van der Waals surface area contributed by atoms with Gasteiger partial charge in [0.15, 0.2) is 6.10 Å². The van der Waals surface area contributed by atoms with Gasteiger partial charge in [-0.05, 0) is 26.0 Å². The van der Waals surface area contributed by atoms with Gasteiger partial charge in [0.25, 0.3) is 0 Å². The van der Waals surface area contributed by atoms with Crippen LogP contribution < -0.4 is 9.47 Å². The van der Waals surface area contributed by atoms with Crippen molar-refractivity contribution in [3.05, 3.63) is 23.3 Å². The lowest BCUT2D eigenvalue weighted by molar-refractivity contribution is -0.161. The van der Waals surface area contributed by atoms with Crippen LogP contribution in [0.5, 0.6) is 11.5 Å². The number of ether oxygens (including phenoxy) is 4. The van der Waals surface area contributed by atoms with Crippen molar-refractivity contribution in [2.45, 2.75) is 46.0 Å². The first-order valence-electron chi connectivity index (χ1n) is 7.07. The van der Waals surface area contributed by atoms with Crippen molar-refractivity contribution in [1.29, 1.82) is 0 Å². The van der Waals surface area contributed by atoms with Gasteiger partial charge in [0, 0.05) is 25.0 Å². The van der Waals surface area contributed by atoms with Crippen molar-refractivity contribution in [3.8, 4) is 11.5 Å². The molecule has 0 saturated carbocycles. The van der Waals surface area contributed by atoms with Crippen LogP contribution in [0.15, 0.2) is 12.1 Å². The van der Waals surface area contributed by atoms with Gasteiger partial charge in [-0.15, -0.1) is 0 Å². The molecule has 1 aromatic carbocycles. The Hall–Kier alpha value is -2.08. The topological polar surface area (TPSA) is 71.1 Å². The molecule has 1 heterocycles. The Kier molecular flexibility index (Phi) is 4.71. The maximum Gasteiger partial charge on any atom is 0.308 e. The van der Waals surface area contributed by atoms with E-state index in [1.54, 1.807) is 19.2 Å². The smallest absolute Gasteiger partial charge is 0.308 e. The fourth-order valence-electron chi connectivity index (χ4n) is 2.76. The summed E-state index contributed by atoms with van der Waals surface area (Å²) >= 11 is 0. The molecular weight excluding hydrogens is 288 g/mol. The number of methoxy groups -OCH3 is 1. The fraction of sp³-hybridized carbons (Fsp3) is 0.500. The molecule has 1 aromatic rings. The number of carbonyl (C=O) groups is 2. The van der Waals surface area contributed by atoms with Crippen molar-refractivity contribution < 1.29 is 28.5 Å². The number of esters is 2. The molecule has 0 N–H and O–H groups in total. The monoisotopic (exact) mass is 308 g/mol. The van der Waals surface area contributed by atoms with Crippen molar-refractivity contribution in [2.24, 2.45) is 0 Å². The van der Waals surface area contributed by atoms with E-state index in [9.17, 15) is 9.59 Å². The number of benzene rings is 1. The summed E-state index contributed by atoms with van der Waals surface area (Å²) < 4.78 is 21.9. The quantitative estimate of drug-likeness (QED) is 0.631. The molecule has 22 heavy (non-hydrogen) atoms. The van der Waals surface area contributed by atoms with Crippen LogP contribution in [0.3, 0.4) is 0 Å². The van der Waals surface area contributed by atoms with Gasteiger partial charge >= 0.3 is 11.9 Å². The maximum atomic E-state index is 11.4. The first-order chi connectivity index (χ1) is 10.3. The van der Waals surface area contributed by atoms with Crippen molar-refractivity contribution in [1.82, 2.24) is 0 Å². The van der Waals surface area contributed by atoms with E-state index in [4.69, 9.17) is 18.9 Å². The second-order valence-electron chi connectivity index (χ2n) is 5.20. The maximum absolute atomic E-state index is 11.4. The molecule has 0 spiro atoms. The van der Waals surface area contributed by atoms with Gasteiger partial charge in [-0.1, -0.05) is 0 Å². The average Bonchev–Trinajstić information content (AvgIpc) is 2.42. The molecule has 1 aliphatic rings. The van der Waals surface area contributed by atoms with Crippen LogP contribution in [-0.4, -0.2) is 25.2 Å². The first kappa shape index (κ1) is 16.3. The minimum atomic E-state index is -0.659. The molecule has 0 saturated heterocycles. The van der Waals surface area contributed by atoms with Crippen LogP contribution in [0, 0.1) is 0 Å². The summed E-state index contributed by atoms with van der Waals surface area (Å²) in [6.45, 7) is 6.34. The van der Waals surface area contributed by atoms with Gasteiger partial charge in [-0.3, -0.25) is 9.59 Å². The summed E-state index contributed by atoms with van der Waals surface area (Å²) in [6.07, 6.45) is -1.30. The van der Waals surface area contributed by atoms with E-state index in [-0.39, 0.29) is 12.2 Å². The summed E-state index contributed by atoms with van der Waals surface area (Å²) in [5.74, 6) is 0.0808. The second-order valence-corrected chi connectivity index (χ2v) is 5.20. The molecule has 0 aromatic heterocycles. The Labute approximate surface area is 129 Å². The Morgan fingerprint density at radius 1 is 1.05 bits per heavy atom. The SMILES string of the molecule is COc1ccc(OC(C)=O)c2c1[C@H](C)O[C@@H](C)[C@@H]2OC(C)=O. The molecular formula is C16H20O6. The molecule has 0 aliphatic carbocycles. The van der Waals surface area contributed by atoms with Crippen LogP contribution in [-0.2, 0) is 19.1 Å². The van der Waals surface area contributed by atoms with Crippen molar-refractivity contribution >= 4 is 11.9 Å². The largest absolute Gasteiger partial charge is 0.496 e. The minimum absolute atomic E-state index is 0.276. The van der Waals surface area contributed by atoms with Crippen LogP contribution in [0.2, 0.25) is 0 Å². The Bertz CT molecular complexity index is 595. The number of carbonyl (C=O) groups excluding carboxylic acids is 2. The Morgan fingerprint density at radius 3 is 2.23 bits per heavy atom. The van der Waals surface area contributed by atoms with Gasteiger partial charge in [0.2, 0.25) is 0 Å². The summed E-state index contributed by atoms with van der Waals surface area (Å²) in [5.41, 5.74) is 1.35. The third kappa shape index (κ3) is 3.06. The van der Waals surface area contributed by atoms with Gasteiger partial charge in [0.1, 0.15) is 11.5 Å². The molecule has 0 unspecified atom stereocenters. The van der Waals surface area contributed by atoms with E-state index < -0.39 is 18.0 Å². The van der Waals surface area contributed by atoms with Gasteiger partial charge in [0.05, 0.1) is 19.3 Å². The highest BCUT2D eigenvalue weighted by Gasteiger charge is 2.38. The highest BCUT2D eigenvalue weighted by Crippen LogP contribution is 2.47. The summed E-state index contributed by atoms with van der Waals surface area (Å²) in [7, 11) is 1.55. The number of hydrogen-bond donors (Lipinski definition) is 0. The molecule has 6 heteroatoms. The zero-order valence-corrected chi connectivity index (χ0v) is 13.3. The summed E-state index contributed by atoms with van der Waals surface area (Å²) in [6, 6.07) is 3.35. The summed E-state index contributed by atoms with van der Waals surface area (Å²) in [5, 5.41) is 0. The standard InChI is InChI=1S/C16H20O6/c1-8-14-12(19-5)6-7-13(21-10(3)17)15(14)16(9(2)20-8)22-11(4)18/h6-9,16H,1-5H3/t8-,9-,16-/m0/s1. The van der Waals surface area contributed by atoms with E-state index in [2.05, 4.69) is 0 Å². The molecule has 1 aliphatic heterocycles. The van der Waals surface area contributed by atoms with Gasteiger partial charge in [-0.2, -0.15) is 0 Å². The predicted molar refractivity (Wildman–Crippen MR) is 77.8 cm³/mol. The Morgan fingerprint density at radius 2 is 1.68 bits per heavy atom. The molecule has 0 fully saturated rings. The lowest BCUT2D eigenvalue weighted by Gasteiger charge is -2.36. The van der Waals surface area contributed by atoms with E-state index in [0.717, 1.165) is 5.56 Å². The number of hydrogen-bond acceptors (Lipinski definition) is 6. The van der Waals surface area contributed by atoms with Crippen LogP contribution >= 0.6 is 0 Å². The lowest BCUT2D eigenvalue weighted by Crippen LogP contribution is -2.31. The highest BCUT2D eigenvalue weighted by atomic mass is 16.6. The normalized spacial score (nSPS) is 23.4. The fourth-order valence-corrected chi connectivity index (χ4v) is 2.76. The molecule has 0 amide bonds. The molecule has 0 radical (unpaired) electrons. The second kappa shape index (κ2) is 6.36. The first-order valence-corrected chi connectivity index (χ1v) is 7.07. The van der Waals surface area contributed by atoms with Crippen LogP contribution in [0.4, 0.5) is 0 Å². The van der Waals surface area contributed by atoms with Crippen molar-refractivity contribution in [3.63, 3.8) is 0 Å². The molecule has 2 rings (SSSR count). The number of fused-ring (bicyclic) bond motifs is 1. The molecule has 6 nitrogen and oxygen atoms in total. The zero-order valence-electron chi connectivity index (χ0n) is 13.3. The highest BCUT2D eigenvalue weighted by molar-refractivity contribution is 5.71. The van der Waals surface area contributed by atoms with E-state index in [1.165, 1.54) is 13.8 Å². The summed E-state index contributed by atoms with van der Waals surface area (Å²) in [4.78, 5) is 22.8. The lowest BCUT2D eigenvalue weighted by atomic mass is 9.91. The molecule has 3 atom stereocenters. The third-order valence-electron chi connectivity index (χ3n) is 3.51. The number of rotatable bonds is 3. The predicted octanol–water partition coefficient (Wildman–Crippen LogP) is 2.70. The zero-order chi connectivity index (χ0) is 16.4. The average molecular weight is 308 g/mol. The molecule has 120 valence electrons. The third-order valence-corrected chi connectivity index (χ3v) is 3.51. The van der Waals surface area contributed by atoms with E-state index in [1.807, 2.05) is 13.8 Å². The van der Waals surface area contributed by atoms with Crippen LogP contribution in [0.25, 0.3) is 0 Å².